The highest BCUT2D eigenvalue weighted by Gasteiger charge is 2.30. The van der Waals surface area contributed by atoms with Crippen LogP contribution in [0.5, 0.6) is 5.75 Å². The number of nitrogens with zero attached hydrogens (tertiary/aromatic N) is 1. The molecule has 1 aliphatic heterocycles. The molecule has 5 nitrogen and oxygen atoms in total. The highest BCUT2D eigenvalue weighted by Crippen LogP contribution is 2.32. The lowest BCUT2D eigenvalue weighted by Gasteiger charge is -2.09. The average molecular weight is 337 g/mol. The Hall–Kier alpha value is -1.86. The molecule has 0 unspecified atom stereocenters. The van der Waals surface area contributed by atoms with E-state index in [2.05, 4.69) is 0 Å². The number of rotatable bonds is 6. The van der Waals surface area contributed by atoms with Crippen LogP contribution in [0, 0.1) is 0 Å². The standard InChI is InChI=1S/C15H15NO4S2/c1-2-16-14(19)12(22-15(16)21)9-10-3-5-11(6-4-10)20-8-7-13(17)18/h3-6,9H,2,7-8H2,1H3,(H,17,18). The Morgan fingerprint density at radius 3 is 2.64 bits per heavy atom. The SMILES string of the molecule is CCN1C(=O)C(=Cc2ccc(OCCC(=O)O)cc2)SC1=S. The van der Waals surface area contributed by atoms with Gasteiger partial charge in [0, 0.05) is 6.54 Å². The third-order valence-corrected chi connectivity index (χ3v) is 4.33. The van der Waals surface area contributed by atoms with Gasteiger partial charge in [0.25, 0.3) is 5.91 Å². The van der Waals surface area contributed by atoms with Crippen molar-refractivity contribution in [1.82, 2.24) is 4.90 Å². The van der Waals surface area contributed by atoms with Gasteiger partial charge in [0.1, 0.15) is 10.1 Å². The van der Waals surface area contributed by atoms with Crippen molar-refractivity contribution in [3.05, 3.63) is 34.7 Å². The molecule has 7 heteroatoms. The summed E-state index contributed by atoms with van der Waals surface area (Å²) in [6.07, 6.45) is 1.75. The molecule has 1 N–H and O–H groups in total. The van der Waals surface area contributed by atoms with E-state index in [4.69, 9.17) is 22.1 Å². The Bertz CT molecular complexity index is 625. The molecular formula is C15H15NO4S2. The fourth-order valence-electron chi connectivity index (χ4n) is 1.84. The van der Waals surface area contributed by atoms with Gasteiger partial charge in [0.15, 0.2) is 0 Å². The number of hydrogen-bond acceptors (Lipinski definition) is 5. The lowest BCUT2D eigenvalue weighted by Crippen LogP contribution is -2.27. The van der Waals surface area contributed by atoms with Crippen molar-refractivity contribution in [3.8, 4) is 5.75 Å². The first-order valence-electron chi connectivity index (χ1n) is 6.71. The van der Waals surface area contributed by atoms with Crippen molar-refractivity contribution in [2.24, 2.45) is 0 Å². The average Bonchev–Trinajstić information content (AvgIpc) is 2.74. The van der Waals surface area contributed by atoms with Crippen LogP contribution in [0.1, 0.15) is 18.9 Å². The maximum atomic E-state index is 12.1. The fourth-order valence-corrected chi connectivity index (χ4v) is 3.22. The van der Waals surface area contributed by atoms with Crippen molar-refractivity contribution >= 4 is 46.3 Å². The van der Waals surface area contributed by atoms with Crippen LogP contribution in [-0.4, -0.2) is 39.4 Å². The predicted octanol–water partition coefficient (Wildman–Crippen LogP) is 2.76. The number of aliphatic carboxylic acids is 1. The molecule has 22 heavy (non-hydrogen) atoms. The Kier molecular flexibility index (Phi) is 5.57. The minimum atomic E-state index is -0.894. The number of thioether (sulfide) groups is 1. The second-order valence-electron chi connectivity index (χ2n) is 4.49. The van der Waals surface area contributed by atoms with Crippen molar-refractivity contribution < 1.29 is 19.4 Å². The summed E-state index contributed by atoms with van der Waals surface area (Å²) in [5, 5.41) is 8.55. The summed E-state index contributed by atoms with van der Waals surface area (Å²) in [4.78, 5) is 24.7. The van der Waals surface area contributed by atoms with Crippen LogP contribution in [0.15, 0.2) is 29.2 Å². The molecule has 0 aromatic heterocycles. The molecule has 1 fully saturated rings. The largest absolute Gasteiger partial charge is 0.493 e. The van der Waals surface area contributed by atoms with Gasteiger partial charge in [-0.15, -0.1) is 0 Å². The van der Waals surface area contributed by atoms with E-state index in [0.717, 1.165) is 5.56 Å². The molecule has 0 saturated carbocycles. The van der Waals surface area contributed by atoms with Crippen molar-refractivity contribution in [1.29, 1.82) is 0 Å². The summed E-state index contributed by atoms with van der Waals surface area (Å²) in [6.45, 7) is 2.58. The van der Waals surface area contributed by atoms with E-state index >= 15 is 0 Å². The normalized spacial score (nSPS) is 16.4. The van der Waals surface area contributed by atoms with E-state index in [1.54, 1.807) is 23.1 Å². The molecular weight excluding hydrogens is 322 g/mol. The number of carbonyl (C=O) groups is 2. The first-order valence-corrected chi connectivity index (χ1v) is 7.93. The summed E-state index contributed by atoms with van der Waals surface area (Å²) in [7, 11) is 0. The highest BCUT2D eigenvalue weighted by atomic mass is 32.2. The van der Waals surface area contributed by atoms with E-state index in [-0.39, 0.29) is 18.9 Å². The van der Waals surface area contributed by atoms with E-state index < -0.39 is 5.97 Å². The lowest BCUT2D eigenvalue weighted by molar-refractivity contribution is -0.137. The van der Waals surface area contributed by atoms with Gasteiger partial charge in [-0.2, -0.15) is 0 Å². The molecule has 1 amide bonds. The van der Waals surface area contributed by atoms with Gasteiger partial charge in [-0.1, -0.05) is 36.1 Å². The van der Waals surface area contributed by atoms with E-state index in [9.17, 15) is 9.59 Å². The van der Waals surface area contributed by atoms with Crippen molar-refractivity contribution in [2.45, 2.75) is 13.3 Å². The maximum Gasteiger partial charge on any atom is 0.306 e. The van der Waals surface area contributed by atoms with Crippen LogP contribution in [0.3, 0.4) is 0 Å². The Labute approximate surface area is 137 Å². The highest BCUT2D eigenvalue weighted by molar-refractivity contribution is 8.26. The number of hydrogen-bond donors (Lipinski definition) is 1. The minimum absolute atomic E-state index is 0.0404. The van der Waals surface area contributed by atoms with Gasteiger partial charge in [-0.05, 0) is 30.7 Å². The molecule has 2 rings (SSSR count). The van der Waals surface area contributed by atoms with Crippen molar-refractivity contribution in [3.63, 3.8) is 0 Å². The zero-order chi connectivity index (χ0) is 16.1. The van der Waals surface area contributed by atoms with Crippen LogP contribution in [0.2, 0.25) is 0 Å². The molecule has 1 saturated heterocycles. The van der Waals surface area contributed by atoms with E-state index in [0.29, 0.717) is 21.5 Å². The van der Waals surface area contributed by atoms with Gasteiger partial charge in [-0.3, -0.25) is 14.5 Å². The molecule has 0 atom stereocenters. The molecule has 1 heterocycles. The summed E-state index contributed by atoms with van der Waals surface area (Å²) in [5.74, 6) is -0.367. The second kappa shape index (κ2) is 7.42. The number of ether oxygens (including phenoxy) is 1. The Morgan fingerprint density at radius 1 is 1.41 bits per heavy atom. The molecule has 1 aliphatic rings. The number of thiocarbonyl (C=S) groups is 1. The predicted molar refractivity (Wildman–Crippen MR) is 89.7 cm³/mol. The first-order chi connectivity index (χ1) is 10.5. The molecule has 0 bridgehead atoms. The van der Waals surface area contributed by atoms with Crippen molar-refractivity contribution in [2.75, 3.05) is 13.2 Å². The number of amides is 1. The smallest absolute Gasteiger partial charge is 0.306 e. The summed E-state index contributed by atoms with van der Waals surface area (Å²) < 4.78 is 5.89. The fraction of sp³-hybridized carbons (Fsp3) is 0.267. The van der Waals surface area contributed by atoms with Gasteiger partial charge >= 0.3 is 5.97 Å². The van der Waals surface area contributed by atoms with E-state index in [1.165, 1.54) is 11.8 Å². The zero-order valence-electron chi connectivity index (χ0n) is 11.9. The molecule has 0 radical (unpaired) electrons. The third-order valence-electron chi connectivity index (χ3n) is 2.95. The molecule has 0 aliphatic carbocycles. The van der Waals surface area contributed by atoms with Gasteiger partial charge in [-0.25, -0.2) is 0 Å². The monoisotopic (exact) mass is 337 g/mol. The van der Waals surface area contributed by atoms with Gasteiger partial charge in [0.05, 0.1) is 17.9 Å². The Balaban J connectivity index is 2.02. The molecule has 116 valence electrons. The molecule has 1 aromatic rings. The molecule has 0 spiro atoms. The summed E-state index contributed by atoms with van der Waals surface area (Å²) >= 11 is 6.45. The number of carbonyl (C=O) groups excluding carboxylic acids is 1. The topological polar surface area (TPSA) is 66.8 Å². The number of carboxylic acids is 1. The zero-order valence-corrected chi connectivity index (χ0v) is 13.6. The van der Waals surface area contributed by atoms with Crippen LogP contribution < -0.4 is 4.74 Å². The lowest BCUT2D eigenvalue weighted by atomic mass is 10.2. The Morgan fingerprint density at radius 2 is 2.09 bits per heavy atom. The quantitative estimate of drug-likeness (QED) is 0.636. The van der Waals surface area contributed by atoms with Gasteiger partial charge in [0.2, 0.25) is 0 Å². The third kappa shape index (κ3) is 4.08. The number of benzene rings is 1. The minimum Gasteiger partial charge on any atom is -0.493 e. The van der Waals surface area contributed by atoms with E-state index in [1.807, 2.05) is 19.1 Å². The number of carboxylic acid groups (broad SMARTS) is 1. The number of likely N-dealkylation sites (N-methyl/N-ethyl adjacent to an activating group) is 1. The van der Waals surface area contributed by atoms with Crippen LogP contribution in [-0.2, 0) is 9.59 Å². The second-order valence-corrected chi connectivity index (χ2v) is 6.16. The summed E-state index contributed by atoms with van der Waals surface area (Å²) in [5.41, 5.74) is 0.863. The maximum absolute atomic E-state index is 12.1. The van der Waals surface area contributed by atoms with Crippen LogP contribution >= 0.6 is 24.0 Å². The first kappa shape index (κ1) is 16.5. The summed E-state index contributed by atoms with van der Waals surface area (Å²) in [6, 6.07) is 7.12. The molecule has 1 aromatic carbocycles. The van der Waals surface area contributed by atoms with Gasteiger partial charge < -0.3 is 9.84 Å². The van der Waals surface area contributed by atoms with Crippen LogP contribution in [0.4, 0.5) is 0 Å². The van der Waals surface area contributed by atoms with Crippen LogP contribution in [0.25, 0.3) is 6.08 Å².